The monoisotopic (exact) mass is 498 g/mol. The molecule has 0 aliphatic carbocycles. The quantitative estimate of drug-likeness (QED) is 0.0741. The summed E-state index contributed by atoms with van der Waals surface area (Å²) in [7, 11) is -5.01. The minimum Gasteiger partial charge on any atom is -0.747 e. The smallest absolute Gasteiger partial charge is 0.747 e. The van der Waals surface area contributed by atoms with E-state index in [1.165, 1.54) is 70.3 Å². The standard InChI is InChI=1S/C24H44O7S.Na/c1-3-5-7-8-9-10-11-12-13-14-15-16-17-18-20-31-24(26)22(32(27,28)29)21-23(25)30-19-6-4-2;/h4,22H,2-3,5-21H2,1H3,(H,27,28,29);/q;+1/p-1. The van der Waals surface area contributed by atoms with Crippen LogP contribution in [-0.2, 0) is 29.2 Å². The van der Waals surface area contributed by atoms with Gasteiger partial charge in [0.25, 0.3) is 0 Å². The first-order valence-electron chi connectivity index (χ1n) is 12.2. The van der Waals surface area contributed by atoms with Gasteiger partial charge in [-0.1, -0.05) is 96.5 Å². The van der Waals surface area contributed by atoms with Gasteiger partial charge in [0.2, 0.25) is 0 Å². The van der Waals surface area contributed by atoms with Gasteiger partial charge in [0.15, 0.2) is 5.25 Å². The summed E-state index contributed by atoms with van der Waals surface area (Å²) in [5.74, 6) is -2.11. The summed E-state index contributed by atoms with van der Waals surface area (Å²) in [6.07, 6.45) is 17.8. The Labute approximate surface area is 223 Å². The van der Waals surface area contributed by atoms with Gasteiger partial charge in [0.1, 0.15) is 10.1 Å². The summed E-state index contributed by atoms with van der Waals surface area (Å²) in [6.45, 7) is 5.75. The maximum Gasteiger partial charge on any atom is 1.00 e. The van der Waals surface area contributed by atoms with Crippen molar-refractivity contribution in [1.29, 1.82) is 0 Å². The van der Waals surface area contributed by atoms with Crippen LogP contribution in [0.4, 0.5) is 0 Å². The van der Waals surface area contributed by atoms with Crippen LogP contribution in [0.15, 0.2) is 12.7 Å². The SMILES string of the molecule is C=CCCOC(=O)CC(C(=O)OCCCCCCCCCCCCCCCC)S(=O)(=O)[O-].[Na+]. The Morgan fingerprint density at radius 3 is 1.70 bits per heavy atom. The Bertz CT molecular complexity index is 608. The van der Waals surface area contributed by atoms with Gasteiger partial charge in [0, 0.05) is 0 Å². The van der Waals surface area contributed by atoms with Gasteiger partial charge >= 0.3 is 41.5 Å². The van der Waals surface area contributed by atoms with Crippen LogP contribution >= 0.6 is 0 Å². The summed E-state index contributed by atoms with van der Waals surface area (Å²) in [4.78, 5) is 23.6. The third-order valence-corrected chi connectivity index (χ3v) is 6.35. The van der Waals surface area contributed by atoms with E-state index >= 15 is 0 Å². The first kappa shape index (κ1) is 34.8. The van der Waals surface area contributed by atoms with Crippen molar-refractivity contribution in [3.8, 4) is 0 Å². The van der Waals surface area contributed by atoms with E-state index in [2.05, 4.69) is 13.5 Å². The van der Waals surface area contributed by atoms with Crippen molar-refractivity contribution in [3.05, 3.63) is 12.7 Å². The minimum absolute atomic E-state index is 0. The van der Waals surface area contributed by atoms with Crippen LogP contribution in [0.1, 0.15) is 110 Å². The molecule has 0 aromatic rings. The predicted molar refractivity (Wildman–Crippen MR) is 125 cm³/mol. The molecule has 0 N–H and O–H groups in total. The number of carbonyl (C=O) groups is 2. The number of rotatable bonds is 22. The third-order valence-electron chi connectivity index (χ3n) is 5.29. The molecule has 0 amide bonds. The molecule has 0 spiro atoms. The number of unbranched alkanes of at least 4 members (excludes halogenated alkanes) is 13. The van der Waals surface area contributed by atoms with Gasteiger partial charge in [-0.05, 0) is 12.8 Å². The molecule has 0 heterocycles. The van der Waals surface area contributed by atoms with Crippen LogP contribution in [-0.4, -0.2) is 43.4 Å². The number of hydrogen-bond donors (Lipinski definition) is 0. The van der Waals surface area contributed by atoms with E-state index in [0.717, 1.165) is 19.3 Å². The Morgan fingerprint density at radius 1 is 0.818 bits per heavy atom. The summed E-state index contributed by atoms with van der Waals surface area (Å²) in [5.41, 5.74) is 0. The fourth-order valence-corrected chi connectivity index (χ4v) is 3.98. The summed E-state index contributed by atoms with van der Waals surface area (Å²) < 4.78 is 43.6. The molecule has 0 aliphatic rings. The molecule has 188 valence electrons. The molecule has 1 unspecified atom stereocenters. The first-order chi connectivity index (χ1) is 15.3. The third kappa shape index (κ3) is 21.8. The van der Waals surface area contributed by atoms with E-state index in [4.69, 9.17) is 9.47 Å². The molecule has 0 saturated heterocycles. The average molecular weight is 499 g/mol. The molecule has 33 heavy (non-hydrogen) atoms. The Kier molecular flexibility index (Phi) is 24.6. The summed E-state index contributed by atoms with van der Waals surface area (Å²) in [6, 6.07) is 0. The number of ether oxygens (including phenoxy) is 2. The molecule has 0 saturated carbocycles. The maximum atomic E-state index is 12.0. The van der Waals surface area contributed by atoms with Crippen LogP contribution in [0.3, 0.4) is 0 Å². The molecule has 0 aliphatic heterocycles. The molecule has 7 nitrogen and oxygen atoms in total. The van der Waals surface area contributed by atoms with Crippen molar-refractivity contribution in [2.24, 2.45) is 0 Å². The van der Waals surface area contributed by atoms with E-state index in [1.807, 2.05) is 0 Å². The summed E-state index contributed by atoms with van der Waals surface area (Å²) in [5, 5.41) is -2.06. The largest absolute Gasteiger partial charge is 1.00 e. The second-order valence-corrected chi connectivity index (χ2v) is 9.80. The molecular formula is C24H43NaO7S. The topological polar surface area (TPSA) is 110 Å². The molecule has 1 atom stereocenters. The van der Waals surface area contributed by atoms with E-state index < -0.39 is 33.7 Å². The fourth-order valence-electron chi connectivity index (χ4n) is 3.33. The molecule has 0 radical (unpaired) electrons. The molecule has 0 aromatic heterocycles. The van der Waals surface area contributed by atoms with Crippen molar-refractivity contribution in [2.45, 2.75) is 115 Å². The van der Waals surface area contributed by atoms with Gasteiger partial charge in [-0.3, -0.25) is 9.59 Å². The van der Waals surface area contributed by atoms with E-state index in [0.29, 0.717) is 12.8 Å². The van der Waals surface area contributed by atoms with Crippen LogP contribution in [0.2, 0.25) is 0 Å². The normalized spacial score (nSPS) is 11.9. The maximum absolute atomic E-state index is 12.0. The molecular weight excluding hydrogens is 455 g/mol. The molecule has 0 rings (SSSR count). The molecule has 9 heteroatoms. The average Bonchev–Trinajstić information content (AvgIpc) is 2.74. The Balaban J connectivity index is 0. The van der Waals surface area contributed by atoms with Crippen LogP contribution < -0.4 is 29.6 Å². The van der Waals surface area contributed by atoms with Crippen molar-refractivity contribution < 1.29 is 61.6 Å². The minimum atomic E-state index is -5.01. The number of esters is 2. The van der Waals surface area contributed by atoms with Crippen LogP contribution in [0.25, 0.3) is 0 Å². The van der Waals surface area contributed by atoms with E-state index in [-0.39, 0.29) is 42.8 Å². The van der Waals surface area contributed by atoms with Gasteiger partial charge in [-0.2, -0.15) is 0 Å². The van der Waals surface area contributed by atoms with Crippen molar-refractivity contribution in [3.63, 3.8) is 0 Å². The van der Waals surface area contributed by atoms with Crippen molar-refractivity contribution >= 4 is 22.1 Å². The molecule has 0 bridgehead atoms. The predicted octanol–water partition coefficient (Wildman–Crippen LogP) is 2.44. The molecule has 0 aromatic carbocycles. The Morgan fingerprint density at radius 2 is 1.27 bits per heavy atom. The summed E-state index contributed by atoms with van der Waals surface area (Å²) >= 11 is 0. The molecule has 0 fully saturated rings. The van der Waals surface area contributed by atoms with Crippen LogP contribution in [0, 0.1) is 0 Å². The van der Waals surface area contributed by atoms with Gasteiger partial charge in [-0.25, -0.2) is 8.42 Å². The first-order valence-corrected chi connectivity index (χ1v) is 13.7. The Hall–Kier alpha value is -0.410. The second-order valence-electron chi connectivity index (χ2n) is 8.25. The van der Waals surface area contributed by atoms with E-state index in [9.17, 15) is 22.6 Å². The zero-order chi connectivity index (χ0) is 24.1. The van der Waals surface area contributed by atoms with Crippen molar-refractivity contribution in [2.75, 3.05) is 13.2 Å². The van der Waals surface area contributed by atoms with E-state index in [1.54, 1.807) is 0 Å². The number of carbonyl (C=O) groups excluding carboxylic acids is 2. The van der Waals surface area contributed by atoms with Crippen molar-refractivity contribution in [1.82, 2.24) is 0 Å². The van der Waals surface area contributed by atoms with Gasteiger partial charge < -0.3 is 14.0 Å². The van der Waals surface area contributed by atoms with Crippen LogP contribution in [0.5, 0.6) is 0 Å². The van der Waals surface area contributed by atoms with Gasteiger partial charge in [0.05, 0.1) is 19.6 Å². The van der Waals surface area contributed by atoms with Gasteiger partial charge in [-0.15, -0.1) is 6.58 Å². The fraction of sp³-hybridized carbons (Fsp3) is 0.833. The second kappa shape index (κ2) is 23.3. The number of hydrogen-bond acceptors (Lipinski definition) is 7. The zero-order valence-electron chi connectivity index (χ0n) is 20.9. The zero-order valence-corrected chi connectivity index (χ0v) is 23.7.